The first-order chi connectivity index (χ1) is 11.1. The van der Waals surface area contributed by atoms with Gasteiger partial charge >= 0.3 is 5.97 Å². The maximum atomic E-state index is 13.4. The molecule has 0 atom stereocenters. The summed E-state index contributed by atoms with van der Waals surface area (Å²) >= 11 is 0. The molecule has 1 N–H and O–H groups in total. The average Bonchev–Trinajstić information content (AvgIpc) is 2.52. The van der Waals surface area contributed by atoms with Crippen molar-refractivity contribution in [3.05, 3.63) is 30.1 Å². The number of aliphatic carboxylic acids is 1. The van der Waals surface area contributed by atoms with Crippen LogP contribution in [0.25, 0.3) is 0 Å². The molecule has 0 aromatic heterocycles. The molecule has 0 unspecified atom stereocenters. The van der Waals surface area contributed by atoms with E-state index >= 15 is 0 Å². The lowest BCUT2D eigenvalue weighted by molar-refractivity contribution is -0.136. The third-order valence-electron chi connectivity index (χ3n) is 4.05. The molecule has 130 valence electrons. The SMILES string of the molecule is CCCCCCCCCCN(CCC(=O)O)c1cccc(F)c1. The van der Waals surface area contributed by atoms with Gasteiger partial charge in [-0.15, -0.1) is 0 Å². The van der Waals surface area contributed by atoms with E-state index in [9.17, 15) is 9.18 Å². The smallest absolute Gasteiger partial charge is 0.305 e. The summed E-state index contributed by atoms with van der Waals surface area (Å²) in [6.07, 6.45) is 9.96. The Morgan fingerprint density at radius 1 is 1.04 bits per heavy atom. The first-order valence-corrected chi connectivity index (χ1v) is 8.85. The number of nitrogens with zero attached hydrogens (tertiary/aromatic N) is 1. The number of anilines is 1. The van der Waals surface area contributed by atoms with E-state index in [0.717, 1.165) is 25.1 Å². The van der Waals surface area contributed by atoms with Gasteiger partial charge in [0, 0.05) is 18.8 Å². The summed E-state index contributed by atoms with van der Waals surface area (Å²) in [7, 11) is 0. The fourth-order valence-electron chi connectivity index (χ4n) is 2.71. The van der Waals surface area contributed by atoms with Crippen LogP contribution in [0.5, 0.6) is 0 Å². The monoisotopic (exact) mass is 323 g/mol. The molecular weight excluding hydrogens is 293 g/mol. The lowest BCUT2D eigenvalue weighted by Crippen LogP contribution is -2.27. The largest absolute Gasteiger partial charge is 0.481 e. The highest BCUT2D eigenvalue weighted by Crippen LogP contribution is 2.17. The quantitative estimate of drug-likeness (QED) is 0.504. The Bertz CT molecular complexity index is 451. The minimum absolute atomic E-state index is 0.0769. The summed E-state index contributed by atoms with van der Waals surface area (Å²) in [5, 5.41) is 8.88. The van der Waals surface area contributed by atoms with Crippen LogP contribution in [0.1, 0.15) is 64.7 Å². The van der Waals surface area contributed by atoms with Crippen LogP contribution >= 0.6 is 0 Å². The normalized spacial score (nSPS) is 10.7. The first-order valence-electron chi connectivity index (χ1n) is 8.85. The van der Waals surface area contributed by atoms with E-state index in [2.05, 4.69) is 6.92 Å². The van der Waals surface area contributed by atoms with Gasteiger partial charge in [0.1, 0.15) is 5.82 Å². The van der Waals surface area contributed by atoms with Gasteiger partial charge in [-0.25, -0.2) is 4.39 Å². The highest BCUT2D eigenvalue weighted by Gasteiger charge is 2.09. The lowest BCUT2D eigenvalue weighted by atomic mass is 10.1. The summed E-state index contributed by atoms with van der Waals surface area (Å²) in [6.45, 7) is 3.43. The van der Waals surface area contributed by atoms with E-state index in [4.69, 9.17) is 5.11 Å². The second-order valence-corrected chi connectivity index (χ2v) is 6.09. The molecule has 1 aromatic rings. The van der Waals surface area contributed by atoms with Crippen LogP contribution in [-0.4, -0.2) is 24.2 Å². The molecule has 0 spiro atoms. The van der Waals surface area contributed by atoms with Crippen LogP contribution in [-0.2, 0) is 4.79 Å². The molecule has 3 nitrogen and oxygen atoms in total. The van der Waals surface area contributed by atoms with Crippen molar-refractivity contribution in [1.82, 2.24) is 0 Å². The molecule has 0 aliphatic carbocycles. The van der Waals surface area contributed by atoms with Gasteiger partial charge in [-0.1, -0.05) is 57.9 Å². The zero-order valence-corrected chi connectivity index (χ0v) is 14.3. The molecule has 0 saturated heterocycles. The number of rotatable bonds is 13. The fraction of sp³-hybridized carbons (Fsp3) is 0.632. The number of carboxylic acids is 1. The van der Waals surface area contributed by atoms with Gasteiger partial charge in [0.05, 0.1) is 6.42 Å². The molecule has 0 aliphatic rings. The molecule has 0 bridgehead atoms. The predicted octanol–water partition coefficient (Wildman–Crippen LogP) is 5.25. The molecule has 1 aromatic carbocycles. The van der Waals surface area contributed by atoms with Gasteiger partial charge in [0.2, 0.25) is 0 Å². The van der Waals surface area contributed by atoms with Crippen molar-refractivity contribution in [3.63, 3.8) is 0 Å². The van der Waals surface area contributed by atoms with E-state index < -0.39 is 5.97 Å². The summed E-state index contributed by atoms with van der Waals surface area (Å²) in [6, 6.07) is 6.41. The summed E-state index contributed by atoms with van der Waals surface area (Å²) in [4.78, 5) is 12.8. The van der Waals surface area contributed by atoms with Crippen molar-refractivity contribution in [1.29, 1.82) is 0 Å². The van der Waals surface area contributed by atoms with Crippen LogP contribution in [0.4, 0.5) is 10.1 Å². The van der Waals surface area contributed by atoms with E-state index in [1.165, 1.54) is 50.7 Å². The second-order valence-electron chi connectivity index (χ2n) is 6.09. The van der Waals surface area contributed by atoms with Gasteiger partial charge in [0.15, 0.2) is 0 Å². The zero-order chi connectivity index (χ0) is 16.9. The number of unbranched alkanes of at least 4 members (excludes halogenated alkanes) is 7. The topological polar surface area (TPSA) is 40.5 Å². The van der Waals surface area contributed by atoms with Crippen LogP contribution in [0.3, 0.4) is 0 Å². The number of hydrogen-bond acceptors (Lipinski definition) is 2. The Hall–Kier alpha value is -1.58. The van der Waals surface area contributed by atoms with Crippen LogP contribution in [0.2, 0.25) is 0 Å². The van der Waals surface area contributed by atoms with E-state index in [0.29, 0.717) is 6.54 Å². The van der Waals surface area contributed by atoms with E-state index in [-0.39, 0.29) is 12.2 Å². The molecule has 1 rings (SSSR count). The van der Waals surface area contributed by atoms with Crippen molar-refractivity contribution in [2.24, 2.45) is 0 Å². The van der Waals surface area contributed by atoms with Crippen molar-refractivity contribution in [2.45, 2.75) is 64.7 Å². The Kier molecular flexibility index (Phi) is 10.1. The maximum Gasteiger partial charge on any atom is 0.305 e. The maximum absolute atomic E-state index is 13.4. The van der Waals surface area contributed by atoms with Crippen LogP contribution in [0.15, 0.2) is 24.3 Å². The Balaban J connectivity index is 2.34. The molecule has 0 saturated carbocycles. The summed E-state index contributed by atoms with van der Waals surface area (Å²) < 4.78 is 13.4. The van der Waals surface area contributed by atoms with Gasteiger partial charge in [-0.05, 0) is 24.6 Å². The standard InChI is InChI=1S/C19H30FNO2/c1-2-3-4-5-6-7-8-9-14-21(15-13-19(22)23)18-12-10-11-17(20)16-18/h10-12,16H,2-9,13-15H2,1H3,(H,22,23). The van der Waals surface area contributed by atoms with E-state index in [1.54, 1.807) is 6.07 Å². The Labute approximate surface area is 139 Å². The molecule has 23 heavy (non-hydrogen) atoms. The molecule has 0 amide bonds. The molecule has 0 heterocycles. The van der Waals surface area contributed by atoms with Crippen LogP contribution < -0.4 is 4.90 Å². The summed E-state index contributed by atoms with van der Waals surface area (Å²) in [5.41, 5.74) is 0.772. The number of benzene rings is 1. The van der Waals surface area contributed by atoms with Gasteiger partial charge < -0.3 is 10.0 Å². The molecular formula is C19H30FNO2. The first kappa shape index (κ1) is 19.5. The number of carbonyl (C=O) groups is 1. The van der Waals surface area contributed by atoms with Crippen molar-refractivity contribution < 1.29 is 14.3 Å². The molecule has 0 radical (unpaired) electrons. The molecule has 0 fully saturated rings. The Morgan fingerprint density at radius 3 is 2.30 bits per heavy atom. The van der Waals surface area contributed by atoms with Gasteiger partial charge in [0.25, 0.3) is 0 Å². The Morgan fingerprint density at radius 2 is 1.70 bits per heavy atom. The highest BCUT2D eigenvalue weighted by atomic mass is 19.1. The lowest BCUT2D eigenvalue weighted by Gasteiger charge is -2.24. The highest BCUT2D eigenvalue weighted by molar-refractivity contribution is 5.67. The van der Waals surface area contributed by atoms with Crippen LogP contribution in [0, 0.1) is 5.82 Å². The zero-order valence-electron chi connectivity index (χ0n) is 14.3. The number of carboxylic acid groups (broad SMARTS) is 1. The average molecular weight is 323 g/mol. The third kappa shape index (κ3) is 9.22. The van der Waals surface area contributed by atoms with Crippen molar-refractivity contribution >= 4 is 11.7 Å². The molecule has 0 aliphatic heterocycles. The third-order valence-corrected chi connectivity index (χ3v) is 4.05. The van der Waals surface area contributed by atoms with Crippen molar-refractivity contribution in [2.75, 3.05) is 18.0 Å². The van der Waals surface area contributed by atoms with Gasteiger partial charge in [-0.3, -0.25) is 4.79 Å². The summed E-state index contributed by atoms with van der Waals surface area (Å²) in [5.74, 6) is -1.10. The van der Waals surface area contributed by atoms with Crippen molar-refractivity contribution in [3.8, 4) is 0 Å². The fourth-order valence-corrected chi connectivity index (χ4v) is 2.71. The minimum Gasteiger partial charge on any atom is -0.481 e. The molecule has 4 heteroatoms. The number of hydrogen-bond donors (Lipinski definition) is 1. The van der Waals surface area contributed by atoms with Gasteiger partial charge in [-0.2, -0.15) is 0 Å². The predicted molar refractivity (Wildman–Crippen MR) is 93.5 cm³/mol. The second kappa shape index (κ2) is 11.9. The minimum atomic E-state index is -0.817. The van der Waals surface area contributed by atoms with E-state index in [1.807, 2.05) is 11.0 Å². The number of halogens is 1.